The van der Waals surface area contributed by atoms with Crippen LogP contribution in [0.4, 0.5) is 10.7 Å². The summed E-state index contributed by atoms with van der Waals surface area (Å²) in [7, 11) is 1.51. The molecule has 2 aromatic heterocycles. The second kappa shape index (κ2) is 8.19. The van der Waals surface area contributed by atoms with E-state index in [2.05, 4.69) is 36.4 Å². The van der Waals surface area contributed by atoms with Gasteiger partial charge in [0.1, 0.15) is 0 Å². The van der Waals surface area contributed by atoms with Crippen LogP contribution in [0.1, 0.15) is 0 Å². The van der Waals surface area contributed by atoms with Gasteiger partial charge < -0.3 is 9.40 Å². The summed E-state index contributed by atoms with van der Waals surface area (Å²) in [5, 5.41) is 10.8. The summed E-state index contributed by atoms with van der Waals surface area (Å²) in [4.78, 5) is 28.2. The van der Waals surface area contributed by atoms with Gasteiger partial charge in [-0.05, 0) is 12.1 Å². The number of urea groups is 1. The minimum absolute atomic E-state index is 0.0162. The predicted octanol–water partition coefficient (Wildman–Crippen LogP) is 3.29. The Balaban J connectivity index is 1.54. The van der Waals surface area contributed by atoms with E-state index >= 15 is 0 Å². The number of anilines is 1. The number of carbonyl (C=O) groups is 2. The van der Waals surface area contributed by atoms with Crippen molar-refractivity contribution in [3.8, 4) is 11.4 Å². The smallest absolute Gasteiger partial charge is 0.330 e. The minimum atomic E-state index is -0.572. The maximum atomic E-state index is 12.0. The van der Waals surface area contributed by atoms with Crippen molar-refractivity contribution < 1.29 is 14.0 Å². The molecule has 0 bridgehead atoms. The van der Waals surface area contributed by atoms with Crippen LogP contribution in [0.15, 0.2) is 56.7 Å². The molecule has 0 spiro atoms. The highest BCUT2D eigenvalue weighted by Gasteiger charge is 2.17. The number of aromatic nitrogens is 3. The van der Waals surface area contributed by atoms with E-state index < -0.39 is 11.9 Å². The summed E-state index contributed by atoms with van der Waals surface area (Å²) in [6.45, 7) is 0. The number of furan rings is 1. The highest BCUT2D eigenvalue weighted by atomic mass is 79.9. The van der Waals surface area contributed by atoms with Gasteiger partial charge in [0.25, 0.3) is 0 Å². The molecule has 8 nitrogen and oxygen atoms in total. The Morgan fingerprint density at radius 3 is 2.81 bits per heavy atom. The summed E-state index contributed by atoms with van der Waals surface area (Å²) in [5.74, 6) is 0.505. The number of hydrogen-bond donors (Lipinski definition) is 2. The predicted molar refractivity (Wildman–Crippen MR) is 101 cm³/mol. The molecular weight excluding hydrogens is 422 g/mol. The van der Waals surface area contributed by atoms with Crippen LogP contribution in [0.2, 0.25) is 0 Å². The van der Waals surface area contributed by atoms with E-state index in [1.165, 1.54) is 18.2 Å². The molecule has 3 aromatic rings. The maximum Gasteiger partial charge on any atom is 0.330 e. The molecule has 134 valence electrons. The van der Waals surface area contributed by atoms with Gasteiger partial charge in [0.05, 0.1) is 12.0 Å². The van der Waals surface area contributed by atoms with E-state index in [1.807, 2.05) is 24.3 Å². The third-order valence-electron chi connectivity index (χ3n) is 3.32. The molecule has 0 aliphatic carbocycles. The lowest BCUT2D eigenvalue weighted by molar-refractivity contribution is -0.117. The van der Waals surface area contributed by atoms with Crippen molar-refractivity contribution in [1.82, 2.24) is 20.5 Å². The normalized spacial score (nSPS) is 10.5. The number of benzene rings is 1. The average molecular weight is 436 g/mol. The number of hydrogen-bond acceptors (Lipinski definition) is 6. The van der Waals surface area contributed by atoms with Crippen molar-refractivity contribution in [1.29, 1.82) is 0 Å². The van der Waals surface area contributed by atoms with E-state index in [1.54, 1.807) is 12.1 Å². The zero-order valence-electron chi connectivity index (χ0n) is 13.6. The lowest BCUT2D eigenvalue weighted by atomic mass is 10.2. The lowest BCUT2D eigenvalue weighted by Crippen LogP contribution is -2.41. The Kier molecular flexibility index (Phi) is 5.74. The SMILES string of the molecule is CN(C(=O)NC(=O)CSc1nnc(-c2ccccc2Br)[nH]1)c1ccco1. The Labute approximate surface area is 161 Å². The number of carbonyl (C=O) groups excluding carboxylic acids is 2. The number of rotatable bonds is 5. The van der Waals surface area contributed by atoms with Crippen LogP contribution < -0.4 is 10.2 Å². The summed E-state index contributed by atoms with van der Waals surface area (Å²) in [6.07, 6.45) is 1.45. The molecule has 0 unspecified atom stereocenters. The fourth-order valence-corrected chi connectivity index (χ4v) is 3.10. The standard InChI is InChI=1S/C16H14BrN5O3S/c1-22(13-7-4-8-25-13)16(24)18-12(23)9-26-15-19-14(20-21-15)10-5-2-3-6-11(10)17/h2-8H,9H2,1H3,(H,18,23,24)(H,19,20,21). The molecule has 3 rings (SSSR count). The van der Waals surface area contributed by atoms with Crippen LogP contribution in [0, 0.1) is 0 Å². The molecule has 0 saturated carbocycles. The molecule has 2 heterocycles. The molecule has 0 atom stereocenters. The van der Waals surface area contributed by atoms with Gasteiger partial charge >= 0.3 is 6.03 Å². The average Bonchev–Trinajstić information content (AvgIpc) is 3.31. The molecule has 0 fully saturated rings. The quantitative estimate of drug-likeness (QED) is 0.595. The number of thioether (sulfide) groups is 1. The van der Waals surface area contributed by atoms with Crippen molar-refractivity contribution >= 4 is 45.5 Å². The second-order valence-electron chi connectivity index (χ2n) is 5.11. The second-order valence-corrected chi connectivity index (χ2v) is 6.93. The first-order chi connectivity index (χ1) is 12.5. The molecular formula is C16H14BrN5O3S. The lowest BCUT2D eigenvalue weighted by Gasteiger charge is -2.13. The molecule has 1 aromatic carbocycles. The molecule has 26 heavy (non-hydrogen) atoms. The Hall–Kier alpha value is -2.59. The number of H-pyrrole nitrogens is 1. The molecule has 2 N–H and O–H groups in total. The van der Waals surface area contributed by atoms with Crippen molar-refractivity contribution in [2.45, 2.75) is 5.16 Å². The van der Waals surface area contributed by atoms with Crippen LogP contribution >= 0.6 is 27.7 Å². The van der Waals surface area contributed by atoms with E-state index in [0.29, 0.717) is 16.9 Å². The van der Waals surface area contributed by atoms with Crippen molar-refractivity contribution in [3.63, 3.8) is 0 Å². The fourth-order valence-electron chi connectivity index (χ4n) is 2.02. The molecule has 10 heteroatoms. The molecule has 0 saturated heterocycles. The topological polar surface area (TPSA) is 104 Å². The van der Waals surface area contributed by atoms with Gasteiger partial charge in [0, 0.05) is 23.2 Å². The van der Waals surface area contributed by atoms with Crippen LogP contribution in [0.25, 0.3) is 11.4 Å². The van der Waals surface area contributed by atoms with Crippen LogP contribution in [-0.2, 0) is 4.79 Å². The van der Waals surface area contributed by atoms with Crippen molar-refractivity contribution in [2.75, 3.05) is 17.7 Å². The van der Waals surface area contributed by atoms with Gasteiger partial charge in [-0.1, -0.05) is 45.9 Å². The highest BCUT2D eigenvalue weighted by molar-refractivity contribution is 9.10. The van der Waals surface area contributed by atoms with Crippen LogP contribution in [-0.4, -0.2) is 39.9 Å². The fraction of sp³-hybridized carbons (Fsp3) is 0.125. The Morgan fingerprint density at radius 1 is 1.27 bits per heavy atom. The third kappa shape index (κ3) is 4.33. The third-order valence-corrected chi connectivity index (χ3v) is 4.88. The van der Waals surface area contributed by atoms with E-state index in [4.69, 9.17) is 4.42 Å². The van der Waals surface area contributed by atoms with Crippen molar-refractivity contribution in [3.05, 3.63) is 47.1 Å². The van der Waals surface area contributed by atoms with Gasteiger partial charge in [0.2, 0.25) is 11.8 Å². The maximum absolute atomic E-state index is 12.0. The highest BCUT2D eigenvalue weighted by Crippen LogP contribution is 2.26. The number of nitrogens with one attached hydrogen (secondary N) is 2. The molecule has 3 amide bonds. The van der Waals surface area contributed by atoms with E-state index in [0.717, 1.165) is 21.8 Å². The first-order valence-electron chi connectivity index (χ1n) is 7.46. The zero-order chi connectivity index (χ0) is 18.5. The first-order valence-corrected chi connectivity index (χ1v) is 9.24. The van der Waals surface area contributed by atoms with Gasteiger partial charge in [-0.2, -0.15) is 0 Å². The van der Waals surface area contributed by atoms with Crippen LogP contribution in [0.5, 0.6) is 0 Å². The van der Waals surface area contributed by atoms with E-state index in [-0.39, 0.29) is 5.75 Å². The van der Waals surface area contributed by atoms with Gasteiger partial charge in [-0.15, -0.1) is 10.2 Å². The largest absolute Gasteiger partial charge is 0.448 e. The molecule has 0 aliphatic heterocycles. The number of halogens is 1. The van der Waals surface area contributed by atoms with Crippen LogP contribution in [0.3, 0.4) is 0 Å². The number of aromatic amines is 1. The number of amides is 3. The van der Waals surface area contributed by atoms with E-state index in [9.17, 15) is 9.59 Å². The van der Waals surface area contributed by atoms with Gasteiger partial charge in [-0.25, -0.2) is 4.79 Å². The minimum Gasteiger partial charge on any atom is -0.448 e. The summed E-state index contributed by atoms with van der Waals surface area (Å²) in [6, 6.07) is 10.3. The van der Waals surface area contributed by atoms with Gasteiger partial charge in [-0.3, -0.25) is 15.0 Å². The summed E-state index contributed by atoms with van der Waals surface area (Å²) < 4.78 is 5.99. The summed E-state index contributed by atoms with van der Waals surface area (Å²) >= 11 is 4.60. The zero-order valence-corrected chi connectivity index (χ0v) is 16.0. The summed E-state index contributed by atoms with van der Waals surface area (Å²) in [5.41, 5.74) is 0.867. The Bertz CT molecular complexity index is 912. The monoisotopic (exact) mass is 435 g/mol. The van der Waals surface area contributed by atoms with Gasteiger partial charge in [0.15, 0.2) is 11.0 Å². The Morgan fingerprint density at radius 2 is 2.08 bits per heavy atom. The van der Waals surface area contributed by atoms with Crippen molar-refractivity contribution in [2.24, 2.45) is 0 Å². The number of nitrogens with zero attached hydrogens (tertiary/aromatic N) is 3. The first kappa shape index (κ1) is 18.2. The number of imide groups is 1. The molecule has 0 radical (unpaired) electrons. The molecule has 0 aliphatic rings.